The first-order valence-corrected chi connectivity index (χ1v) is 7.13. The van der Waals surface area contributed by atoms with Crippen molar-refractivity contribution in [3.05, 3.63) is 0 Å². The predicted molar refractivity (Wildman–Crippen MR) is 68.4 cm³/mol. The molecule has 1 aliphatic heterocycles. The Balaban J connectivity index is 2.25. The molecule has 90 valence electrons. The molecule has 1 rings (SSSR count). The van der Waals surface area contributed by atoms with Crippen LogP contribution >= 0.6 is 11.8 Å². The average Bonchev–Trinajstić information content (AvgIpc) is 2.13. The van der Waals surface area contributed by atoms with Crippen molar-refractivity contribution in [2.75, 3.05) is 18.1 Å². The largest absolute Gasteiger partial charge is 0.396 e. The fourth-order valence-corrected chi connectivity index (χ4v) is 3.54. The smallest absolute Gasteiger partial charge is 0.0431 e. The highest BCUT2D eigenvalue weighted by Gasteiger charge is 2.28. The number of hydrogen-bond acceptors (Lipinski definition) is 3. The third-order valence-corrected chi connectivity index (χ3v) is 4.55. The van der Waals surface area contributed by atoms with Crippen LogP contribution in [0.1, 0.15) is 40.0 Å². The maximum atomic E-state index is 8.77. The summed E-state index contributed by atoms with van der Waals surface area (Å²) in [4.78, 5) is 0. The Labute approximate surface area is 98.2 Å². The molecule has 0 aromatic rings. The van der Waals surface area contributed by atoms with Crippen LogP contribution in [0.4, 0.5) is 0 Å². The molecule has 0 amide bonds. The monoisotopic (exact) mass is 231 g/mol. The Morgan fingerprint density at radius 2 is 2.27 bits per heavy atom. The molecule has 0 aromatic carbocycles. The number of aliphatic hydroxyl groups is 1. The van der Waals surface area contributed by atoms with Gasteiger partial charge >= 0.3 is 0 Å². The number of nitrogens with one attached hydrogen (secondary N) is 1. The molecular weight excluding hydrogens is 206 g/mol. The van der Waals surface area contributed by atoms with Gasteiger partial charge in [0.1, 0.15) is 0 Å². The highest BCUT2D eigenvalue weighted by atomic mass is 32.2. The van der Waals surface area contributed by atoms with E-state index in [2.05, 4.69) is 37.8 Å². The van der Waals surface area contributed by atoms with Crippen molar-refractivity contribution in [2.45, 2.75) is 52.1 Å². The van der Waals surface area contributed by atoms with Crippen LogP contribution in [0.5, 0.6) is 0 Å². The van der Waals surface area contributed by atoms with E-state index >= 15 is 0 Å². The SMILES string of the molecule is CC(CCCO)NC1CSCC(C)(C)C1. The number of thioether (sulfide) groups is 1. The summed E-state index contributed by atoms with van der Waals surface area (Å²) in [6.45, 7) is 7.25. The molecule has 3 heteroatoms. The van der Waals surface area contributed by atoms with E-state index in [1.54, 1.807) is 0 Å². The summed E-state index contributed by atoms with van der Waals surface area (Å²) in [5.41, 5.74) is 0.483. The van der Waals surface area contributed by atoms with Gasteiger partial charge in [0.15, 0.2) is 0 Å². The molecule has 0 spiro atoms. The first-order chi connectivity index (χ1) is 7.03. The van der Waals surface area contributed by atoms with Gasteiger partial charge in [-0.25, -0.2) is 0 Å². The van der Waals surface area contributed by atoms with Crippen LogP contribution in [-0.4, -0.2) is 35.3 Å². The normalized spacial score (nSPS) is 27.6. The number of aliphatic hydroxyl groups excluding tert-OH is 1. The number of rotatable bonds is 5. The van der Waals surface area contributed by atoms with E-state index < -0.39 is 0 Å². The molecule has 1 heterocycles. The van der Waals surface area contributed by atoms with Gasteiger partial charge in [-0.3, -0.25) is 0 Å². The Bertz CT molecular complexity index is 184. The Morgan fingerprint density at radius 1 is 1.53 bits per heavy atom. The van der Waals surface area contributed by atoms with Crippen molar-refractivity contribution in [1.82, 2.24) is 5.32 Å². The molecule has 1 fully saturated rings. The van der Waals surface area contributed by atoms with Crippen LogP contribution in [-0.2, 0) is 0 Å². The lowest BCUT2D eigenvalue weighted by atomic mass is 9.87. The van der Waals surface area contributed by atoms with Gasteiger partial charge in [-0.15, -0.1) is 0 Å². The summed E-state index contributed by atoms with van der Waals surface area (Å²) in [6, 6.07) is 1.20. The molecule has 0 saturated carbocycles. The molecule has 0 aromatic heterocycles. The predicted octanol–water partition coefficient (Wildman–Crippen LogP) is 2.27. The molecule has 0 radical (unpaired) electrons. The molecule has 1 saturated heterocycles. The fourth-order valence-electron chi connectivity index (χ4n) is 2.25. The first kappa shape index (κ1) is 13.3. The van der Waals surface area contributed by atoms with Crippen molar-refractivity contribution < 1.29 is 5.11 Å². The Morgan fingerprint density at radius 3 is 2.87 bits per heavy atom. The van der Waals surface area contributed by atoms with Crippen LogP contribution in [0.3, 0.4) is 0 Å². The molecular formula is C12H25NOS. The van der Waals surface area contributed by atoms with Gasteiger partial charge in [0.2, 0.25) is 0 Å². The fraction of sp³-hybridized carbons (Fsp3) is 1.00. The second-order valence-corrected chi connectivity index (χ2v) is 6.54. The van der Waals surface area contributed by atoms with Crippen LogP contribution in [0.25, 0.3) is 0 Å². The van der Waals surface area contributed by atoms with Gasteiger partial charge < -0.3 is 10.4 Å². The highest BCUT2D eigenvalue weighted by Crippen LogP contribution is 2.33. The molecule has 2 unspecified atom stereocenters. The zero-order valence-electron chi connectivity index (χ0n) is 10.3. The van der Waals surface area contributed by atoms with Gasteiger partial charge in [0, 0.05) is 24.4 Å². The Kier molecular flexibility index (Phi) is 5.44. The summed E-state index contributed by atoms with van der Waals surface area (Å²) in [5, 5.41) is 12.4. The molecule has 2 nitrogen and oxygen atoms in total. The third kappa shape index (κ3) is 5.23. The van der Waals surface area contributed by atoms with Crippen molar-refractivity contribution in [2.24, 2.45) is 5.41 Å². The summed E-state index contributed by atoms with van der Waals surface area (Å²) >= 11 is 2.06. The molecule has 0 bridgehead atoms. The lowest BCUT2D eigenvalue weighted by molar-refractivity contribution is 0.264. The molecule has 0 aliphatic carbocycles. The van der Waals surface area contributed by atoms with Gasteiger partial charge in [0.05, 0.1) is 0 Å². The minimum absolute atomic E-state index is 0.316. The van der Waals surface area contributed by atoms with Crippen LogP contribution in [0.15, 0.2) is 0 Å². The maximum absolute atomic E-state index is 8.77. The topological polar surface area (TPSA) is 32.3 Å². The van der Waals surface area contributed by atoms with Crippen LogP contribution in [0, 0.1) is 5.41 Å². The third-order valence-electron chi connectivity index (χ3n) is 2.93. The van der Waals surface area contributed by atoms with Crippen molar-refractivity contribution in [3.8, 4) is 0 Å². The number of hydrogen-bond donors (Lipinski definition) is 2. The molecule has 2 atom stereocenters. The molecule has 2 N–H and O–H groups in total. The lowest BCUT2D eigenvalue weighted by Crippen LogP contribution is -2.44. The minimum Gasteiger partial charge on any atom is -0.396 e. The minimum atomic E-state index is 0.316. The maximum Gasteiger partial charge on any atom is 0.0431 e. The van der Waals surface area contributed by atoms with E-state index in [-0.39, 0.29) is 0 Å². The van der Waals surface area contributed by atoms with Crippen molar-refractivity contribution >= 4 is 11.8 Å². The lowest BCUT2D eigenvalue weighted by Gasteiger charge is -2.36. The van der Waals surface area contributed by atoms with Crippen LogP contribution < -0.4 is 5.32 Å². The quantitative estimate of drug-likeness (QED) is 0.761. The van der Waals surface area contributed by atoms with Gasteiger partial charge in [-0.1, -0.05) is 13.8 Å². The van der Waals surface area contributed by atoms with E-state index in [4.69, 9.17) is 5.11 Å². The zero-order chi connectivity index (χ0) is 11.3. The van der Waals surface area contributed by atoms with Crippen molar-refractivity contribution in [1.29, 1.82) is 0 Å². The molecule has 1 aliphatic rings. The van der Waals surface area contributed by atoms with Crippen molar-refractivity contribution in [3.63, 3.8) is 0 Å². The summed E-state index contributed by atoms with van der Waals surface area (Å²) in [7, 11) is 0. The van der Waals surface area contributed by atoms with Gasteiger partial charge in [0.25, 0.3) is 0 Å². The summed E-state index contributed by atoms with van der Waals surface area (Å²) in [5.74, 6) is 2.53. The zero-order valence-corrected chi connectivity index (χ0v) is 11.1. The standard InChI is InChI=1S/C12H25NOS/c1-10(5-4-6-14)13-11-7-12(2,3)9-15-8-11/h10-11,13-14H,4-9H2,1-3H3. The summed E-state index contributed by atoms with van der Waals surface area (Å²) < 4.78 is 0. The van der Waals surface area contributed by atoms with E-state index in [0.717, 1.165) is 12.8 Å². The van der Waals surface area contributed by atoms with Gasteiger partial charge in [-0.05, 0) is 37.4 Å². The second-order valence-electron chi connectivity index (χ2n) is 5.51. The van der Waals surface area contributed by atoms with E-state index in [0.29, 0.717) is 24.1 Å². The van der Waals surface area contributed by atoms with E-state index in [1.807, 2.05) is 0 Å². The molecule has 15 heavy (non-hydrogen) atoms. The summed E-state index contributed by atoms with van der Waals surface area (Å²) in [6.07, 6.45) is 3.28. The van der Waals surface area contributed by atoms with Gasteiger partial charge in [-0.2, -0.15) is 11.8 Å². The van der Waals surface area contributed by atoms with Crippen LogP contribution in [0.2, 0.25) is 0 Å². The van der Waals surface area contributed by atoms with E-state index in [9.17, 15) is 0 Å². The Hall–Kier alpha value is 0.270. The average molecular weight is 231 g/mol. The first-order valence-electron chi connectivity index (χ1n) is 5.98. The van der Waals surface area contributed by atoms with E-state index in [1.165, 1.54) is 17.9 Å². The highest BCUT2D eigenvalue weighted by molar-refractivity contribution is 7.99. The second kappa shape index (κ2) is 6.12.